The smallest absolute Gasteiger partial charge is 0.367 e. The van der Waals surface area contributed by atoms with Gasteiger partial charge in [-0.2, -0.15) is 18.3 Å². The highest BCUT2D eigenvalue weighted by Gasteiger charge is 2.33. The monoisotopic (exact) mass is 315 g/mol. The molecule has 0 aliphatic rings. The van der Waals surface area contributed by atoms with Crippen molar-refractivity contribution in [3.05, 3.63) is 41.2 Å². The summed E-state index contributed by atoms with van der Waals surface area (Å²) >= 11 is 0. The Morgan fingerprint density at radius 3 is 2.64 bits per heavy atom. The number of nitrogens with zero attached hydrogens (tertiary/aromatic N) is 4. The van der Waals surface area contributed by atoms with Crippen LogP contribution in [0.25, 0.3) is 0 Å². The second-order valence-corrected chi connectivity index (χ2v) is 4.38. The van der Waals surface area contributed by atoms with Crippen LogP contribution in [-0.2, 0) is 31.2 Å². The normalized spacial score (nSPS) is 11.6. The summed E-state index contributed by atoms with van der Waals surface area (Å²) in [6, 6.07) is 1.68. The summed E-state index contributed by atoms with van der Waals surface area (Å²) < 4.78 is 44.6. The number of hydrogen-bond donors (Lipinski definition) is 1. The van der Waals surface area contributed by atoms with Crippen LogP contribution >= 0.6 is 0 Å². The predicted molar refractivity (Wildman–Crippen MR) is 67.3 cm³/mol. The number of primary amides is 1. The lowest BCUT2D eigenvalue weighted by Gasteiger charge is -2.10. The molecule has 22 heavy (non-hydrogen) atoms. The lowest BCUT2D eigenvalue weighted by atomic mass is 10.1. The molecule has 0 radical (unpaired) electrons. The molecule has 7 nitrogen and oxygen atoms in total. The molecule has 0 unspecified atom stereocenters. The number of halogens is 3. The van der Waals surface area contributed by atoms with Crippen LogP contribution < -0.4 is 5.73 Å². The molecular weight excluding hydrogens is 303 g/mol. The third-order valence-corrected chi connectivity index (χ3v) is 2.65. The SMILES string of the molecule is Cn1cnc(COCc2nc(C(F)(F)F)ccc2C(N)=O)n1. The van der Waals surface area contributed by atoms with Crippen molar-refractivity contribution in [2.75, 3.05) is 0 Å². The van der Waals surface area contributed by atoms with E-state index in [-0.39, 0.29) is 24.5 Å². The number of pyridine rings is 1. The van der Waals surface area contributed by atoms with Crippen LogP contribution in [0, 0.1) is 0 Å². The summed E-state index contributed by atoms with van der Waals surface area (Å²) in [5.41, 5.74) is 3.69. The Bertz CT molecular complexity index is 684. The molecule has 2 aromatic rings. The van der Waals surface area contributed by atoms with E-state index < -0.39 is 17.8 Å². The number of rotatable bonds is 5. The fraction of sp³-hybridized carbons (Fsp3) is 0.333. The molecule has 2 heterocycles. The van der Waals surface area contributed by atoms with Crippen LogP contribution in [0.4, 0.5) is 13.2 Å². The van der Waals surface area contributed by atoms with E-state index >= 15 is 0 Å². The van der Waals surface area contributed by atoms with E-state index in [1.165, 1.54) is 11.0 Å². The first-order valence-electron chi connectivity index (χ1n) is 6.06. The van der Waals surface area contributed by atoms with E-state index in [2.05, 4.69) is 15.1 Å². The Hall–Kier alpha value is -2.49. The number of alkyl halides is 3. The molecule has 0 aromatic carbocycles. The number of nitrogens with two attached hydrogens (primary N) is 1. The van der Waals surface area contributed by atoms with Crippen molar-refractivity contribution in [3.8, 4) is 0 Å². The quantitative estimate of drug-likeness (QED) is 0.889. The standard InChI is InChI=1S/C12H12F3N5O2/c1-20-6-17-10(19-20)5-22-4-8-7(11(16)21)2-3-9(18-8)12(13,14)15/h2-3,6H,4-5H2,1H3,(H2,16,21). The van der Waals surface area contributed by atoms with E-state index in [4.69, 9.17) is 10.5 Å². The first kappa shape index (κ1) is 15.9. The van der Waals surface area contributed by atoms with Crippen molar-refractivity contribution in [2.45, 2.75) is 19.4 Å². The minimum atomic E-state index is -4.62. The van der Waals surface area contributed by atoms with Crippen LogP contribution in [0.3, 0.4) is 0 Å². The van der Waals surface area contributed by atoms with Crippen molar-refractivity contribution in [1.29, 1.82) is 0 Å². The molecule has 0 saturated carbocycles. The summed E-state index contributed by atoms with van der Waals surface area (Å²) in [5, 5.41) is 3.94. The zero-order valence-electron chi connectivity index (χ0n) is 11.5. The first-order valence-corrected chi connectivity index (χ1v) is 6.06. The number of hydrogen-bond acceptors (Lipinski definition) is 5. The van der Waals surface area contributed by atoms with Gasteiger partial charge in [0.05, 0.1) is 17.9 Å². The van der Waals surface area contributed by atoms with Crippen LogP contribution in [0.15, 0.2) is 18.5 Å². The Kier molecular flexibility index (Phi) is 4.40. The maximum Gasteiger partial charge on any atom is 0.433 e. The van der Waals surface area contributed by atoms with E-state index in [0.29, 0.717) is 11.9 Å². The number of aryl methyl sites for hydroxylation is 1. The number of amides is 1. The van der Waals surface area contributed by atoms with Gasteiger partial charge in [-0.05, 0) is 12.1 Å². The molecule has 0 atom stereocenters. The summed E-state index contributed by atoms with van der Waals surface area (Å²) in [6.07, 6.45) is -3.16. The zero-order chi connectivity index (χ0) is 16.3. The highest BCUT2D eigenvalue weighted by atomic mass is 19.4. The molecular formula is C12H12F3N5O2. The van der Waals surface area contributed by atoms with Crippen molar-refractivity contribution >= 4 is 5.91 Å². The number of ether oxygens (including phenoxy) is 1. The molecule has 0 fully saturated rings. The molecule has 0 bridgehead atoms. The topological polar surface area (TPSA) is 95.9 Å². The largest absolute Gasteiger partial charge is 0.433 e. The van der Waals surface area contributed by atoms with Gasteiger partial charge < -0.3 is 10.5 Å². The van der Waals surface area contributed by atoms with Gasteiger partial charge in [0.2, 0.25) is 0 Å². The molecule has 2 N–H and O–H groups in total. The van der Waals surface area contributed by atoms with Gasteiger partial charge in [0, 0.05) is 7.05 Å². The fourth-order valence-corrected chi connectivity index (χ4v) is 1.68. The highest BCUT2D eigenvalue weighted by Crippen LogP contribution is 2.28. The molecule has 2 aromatic heterocycles. The van der Waals surface area contributed by atoms with Gasteiger partial charge in [-0.3, -0.25) is 9.48 Å². The van der Waals surface area contributed by atoms with Gasteiger partial charge in [0.15, 0.2) is 5.82 Å². The average Bonchev–Trinajstić information content (AvgIpc) is 2.83. The number of aromatic nitrogens is 4. The van der Waals surface area contributed by atoms with Crippen molar-refractivity contribution in [1.82, 2.24) is 19.7 Å². The summed E-state index contributed by atoms with van der Waals surface area (Å²) in [6.45, 7) is -0.350. The lowest BCUT2D eigenvalue weighted by Crippen LogP contribution is -2.18. The maximum atomic E-state index is 12.6. The van der Waals surface area contributed by atoms with Gasteiger partial charge in [0.1, 0.15) is 18.6 Å². The van der Waals surface area contributed by atoms with E-state index in [1.807, 2.05) is 0 Å². The van der Waals surface area contributed by atoms with Gasteiger partial charge in [-0.25, -0.2) is 9.97 Å². The number of carbonyl (C=O) groups is 1. The highest BCUT2D eigenvalue weighted by molar-refractivity contribution is 5.93. The number of carbonyl (C=O) groups excluding carboxylic acids is 1. The van der Waals surface area contributed by atoms with Crippen LogP contribution in [-0.4, -0.2) is 25.7 Å². The molecule has 118 valence electrons. The maximum absolute atomic E-state index is 12.6. The summed E-state index contributed by atoms with van der Waals surface area (Å²) in [5.74, 6) is -0.522. The first-order chi connectivity index (χ1) is 10.3. The molecule has 2 rings (SSSR count). The van der Waals surface area contributed by atoms with E-state index in [1.54, 1.807) is 7.05 Å². The summed E-state index contributed by atoms with van der Waals surface area (Å²) in [7, 11) is 1.66. The Morgan fingerprint density at radius 1 is 1.36 bits per heavy atom. The third-order valence-electron chi connectivity index (χ3n) is 2.65. The average molecular weight is 315 g/mol. The third kappa shape index (κ3) is 3.79. The van der Waals surface area contributed by atoms with E-state index in [0.717, 1.165) is 6.07 Å². The predicted octanol–water partition coefficient (Wildman–Crippen LogP) is 1.04. The summed E-state index contributed by atoms with van der Waals surface area (Å²) in [4.78, 5) is 18.5. The van der Waals surface area contributed by atoms with Crippen molar-refractivity contribution in [2.24, 2.45) is 12.8 Å². The molecule has 0 aliphatic carbocycles. The van der Waals surface area contributed by atoms with Gasteiger partial charge >= 0.3 is 6.18 Å². The molecule has 1 amide bonds. The Balaban J connectivity index is 2.14. The molecule has 0 aliphatic heterocycles. The Labute approximate surface area is 122 Å². The molecule has 0 spiro atoms. The fourth-order valence-electron chi connectivity index (χ4n) is 1.68. The molecule has 10 heteroatoms. The second kappa shape index (κ2) is 6.10. The van der Waals surface area contributed by atoms with Gasteiger partial charge in [-0.15, -0.1) is 0 Å². The van der Waals surface area contributed by atoms with Crippen LogP contribution in [0.5, 0.6) is 0 Å². The van der Waals surface area contributed by atoms with Crippen LogP contribution in [0.2, 0.25) is 0 Å². The zero-order valence-corrected chi connectivity index (χ0v) is 11.5. The minimum Gasteiger partial charge on any atom is -0.367 e. The Morgan fingerprint density at radius 2 is 2.09 bits per heavy atom. The van der Waals surface area contributed by atoms with Gasteiger partial charge in [-0.1, -0.05) is 0 Å². The van der Waals surface area contributed by atoms with Crippen LogP contribution in [0.1, 0.15) is 27.6 Å². The minimum absolute atomic E-state index is 0.0308. The van der Waals surface area contributed by atoms with E-state index in [9.17, 15) is 18.0 Å². The lowest BCUT2D eigenvalue weighted by molar-refractivity contribution is -0.141. The van der Waals surface area contributed by atoms with Gasteiger partial charge in [0.25, 0.3) is 5.91 Å². The molecule has 0 saturated heterocycles. The second-order valence-electron chi connectivity index (χ2n) is 4.38. The van der Waals surface area contributed by atoms with Crippen molar-refractivity contribution in [3.63, 3.8) is 0 Å². The van der Waals surface area contributed by atoms with Crippen molar-refractivity contribution < 1.29 is 22.7 Å².